The summed E-state index contributed by atoms with van der Waals surface area (Å²) in [6, 6.07) is 8.60. The molecular formula is C18H16IO6P. The SMILES string of the molecule is COc1cc(-c2coc3cc(OPI)ccc3c2=O)cc(OC)c1OC. The molecular weight excluding hydrogens is 470 g/mol. The molecule has 8 heteroatoms. The zero-order valence-electron chi connectivity index (χ0n) is 14.3. The molecule has 3 aromatic rings. The summed E-state index contributed by atoms with van der Waals surface area (Å²) in [7, 11) is 4.58. The number of hydrogen-bond acceptors (Lipinski definition) is 6. The van der Waals surface area contributed by atoms with Crippen molar-refractivity contribution in [3.05, 3.63) is 46.8 Å². The number of methoxy groups -OCH3 is 3. The summed E-state index contributed by atoms with van der Waals surface area (Å²) in [5, 5.41) is 0.473. The lowest BCUT2D eigenvalue weighted by molar-refractivity contribution is 0.324. The van der Waals surface area contributed by atoms with Gasteiger partial charge < -0.3 is 23.2 Å². The highest BCUT2D eigenvalue weighted by Gasteiger charge is 2.17. The van der Waals surface area contributed by atoms with Crippen molar-refractivity contribution in [3.63, 3.8) is 0 Å². The summed E-state index contributed by atoms with van der Waals surface area (Å²) in [5.74, 6) is 2.06. The van der Waals surface area contributed by atoms with Crippen LogP contribution in [0.15, 0.2) is 45.8 Å². The predicted octanol–water partition coefficient (Wildman–Crippen LogP) is 4.81. The molecule has 2 aromatic carbocycles. The number of hydrogen-bond donors (Lipinski definition) is 0. The Kier molecular flexibility index (Phi) is 5.88. The second-order valence-electron chi connectivity index (χ2n) is 5.23. The second-order valence-corrected chi connectivity index (χ2v) is 6.91. The van der Waals surface area contributed by atoms with Crippen molar-refractivity contribution in [1.82, 2.24) is 0 Å². The first-order valence-corrected chi connectivity index (χ1v) is 11.5. The lowest BCUT2D eigenvalue weighted by Crippen LogP contribution is -2.05. The molecule has 0 N–H and O–H groups in total. The van der Waals surface area contributed by atoms with Gasteiger partial charge in [-0.05, 0) is 51.9 Å². The Morgan fingerprint density at radius 2 is 1.69 bits per heavy atom. The molecule has 0 radical (unpaired) electrons. The van der Waals surface area contributed by atoms with E-state index in [1.54, 1.807) is 30.3 Å². The fourth-order valence-corrected chi connectivity index (χ4v) is 3.63. The normalized spacial score (nSPS) is 11.1. The third-order valence-electron chi connectivity index (χ3n) is 3.88. The lowest BCUT2D eigenvalue weighted by Gasteiger charge is -2.14. The van der Waals surface area contributed by atoms with Gasteiger partial charge in [-0.25, -0.2) is 0 Å². The summed E-state index contributed by atoms with van der Waals surface area (Å²) in [5.41, 5.74) is 1.34. The molecule has 1 unspecified atom stereocenters. The zero-order valence-corrected chi connectivity index (χ0v) is 17.4. The number of halogens is 1. The standard InChI is InChI=1S/C18H16IO6P/c1-21-15-6-10(7-16(22-2)18(15)23-3)13-9-24-14-8-11(25-26-19)4-5-12(14)17(13)20/h4-9,26H,1-3H3. The first kappa shape index (κ1) is 18.8. The molecule has 0 bridgehead atoms. The van der Waals surface area contributed by atoms with Crippen LogP contribution in [0.4, 0.5) is 0 Å². The van der Waals surface area contributed by atoms with Crippen molar-refractivity contribution < 1.29 is 23.2 Å². The summed E-state index contributed by atoms with van der Waals surface area (Å²) in [6.45, 7) is 0.285. The first-order valence-electron chi connectivity index (χ1n) is 7.51. The Bertz CT molecular complexity index is 976. The fourth-order valence-electron chi connectivity index (χ4n) is 2.65. The molecule has 0 spiro atoms. The minimum atomic E-state index is -0.149. The van der Waals surface area contributed by atoms with Crippen LogP contribution in [0.3, 0.4) is 0 Å². The molecule has 0 aliphatic carbocycles. The van der Waals surface area contributed by atoms with Gasteiger partial charge in [0, 0.05) is 6.07 Å². The molecule has 0 saturated carbocycles. The number of fused-ring (bicyclic) bond motifs is 1. The van der Waals surface area contributed by atoms with Gasteiger partial charge in [0.15, 0.2) is 16.9 Å². The van der Waals surface area contributed by atoms with Gasteiger partial charge in [0.05, 0.1) is 32.3 Å². The van der Waals surface area contributed by atoms with Crippen molar-refractivity contribution in [2.75, 3.05) is 21.3 Å². The Hall–Kier alpha value is -1.99. The van der Waals surface area contributed by atoms with Gasteiger partial charge in [0.25, 0.3) is 0 Å². The molecule has 1 aromatic heterocycles. The number of rotatable bonds is 6. The van der Waals surface area contributed by atoms with Crippen LogP contribution in [0.2, 0.25) is 0 Å². The topological polar surface area (TPSA) is 67.1 Å². The highest BCUT2D eigenvalue weighted by Crippen LogP contribution is 2.41. The van der Waals surface area contributed by atoms with E-state index < -0.39 is 0 Å². The van der Waals surface area contributed by atoms with Crippen LogP contribution in [-0.4, -0.2) is 21.3 Å². The Morgan fingerprint density at radius 3 is 2.27 bits per heavy atom. The fraction of sp³-hybridized carbons (Fsp3) is 0.167. The Balaban J connectivity index is 2.18. The van der Waals surface area contributed by atoms with Crippen LogP contribution < -0.4 is 24.2 Å². The van der Waals surface area contributed by atoms with Crippen molar-refractivity contribution in [3.8, 4) is 34.1 Å². The van der Waals surface area contributed by atoms with Crippen molar-refractivity contribution in [2.24, 2.45) is 0 Å². The van der Waals surface area contributed by atoms with E-state index in [0.717, 1.165) is 0 Å². The molecule has 0 aliphatic rings. The third kappa shape index (κ3) is 3.46. The van der Waals surface area contributed by atoms with E-state index in [4.69, 9.17) is 23.2 Å². The predicted molar refractivity (Wildman–Crippen MR) is 111 cm³/mol. The van der Waals surface area contributed by atoms with Gasteiger partial charge in [0.2, 0.25) is 5.75 Å². The van der Waals surface area contributed by atoms with E-state index in [-0.39, 0.29) is 11.9 Å². The Labute approximate surface area is 164 Å². The van der Waals surface area contributed by atoms with Gasteiger partial charge in [-0.1, -0.05) is 0 Å². The molecule has 0 fully saturated rings. The molecule has 26 heavy (non-hydrogen) atoms. The highest BCUT2D eigenvalue weighted by atomic mass is 127. The quantitative estimate of drug-likeness (QED) is 0.368. The molecule has 0 amide bonds. The Morgan fingerprint density at radius 1 is 1.00 bits per heavy atom. The second kappa shape index (κ2) is 8.14. The van der Waals surface area contributed by atoms with Gasteiger partial charge in [-0.2, -0.15) is 0 Å². The molecule has 1 heterocycles. The molecule has 0 saturated heterocycles. The van der Waals surface area contributed by atoms with Crippen LogP contribution in [0.25, 0.3) is 22.1 Å². The smallest absolute Gasteiger partial charge is 0.203 e. The minimum Gasteiger partial charge on any atom is -0.493 e. The van der Waals surface area contributed by atoms with E-state index in [0.29, 0.717) is 45.1 Å². The average molecular weight is 486 g/mol. The summed E-state index contributed by atoms with van der Waals surface area (Å²) in [4.78, 5) is 12.9. The van der Waals surface area contributed by atoms with Gasteiger partial charge in [-0.15, -0.1) is 0 Å². The number of benzene rings is 2. The molecule has 0 aliphatic heterocycles. The van der Waals surface area contributed by atoms with Crippen LogP contribution in [0.1, 0.15) is 0 Å². The van der Waals surface area contributed by atoms with Crippen LogP contribution in [0, 0.1) is 0 Å². The molecule has 6 nitrogen and oxygen atoms in total. The maximum absolute atomic E-state index is 12.9. The maximum atomic E-state index is 12.9. The number of ether oxygens (including phenoxy) is 3. The highest BCUT2D eigenvalue weighted by molar-refractivity contribution is 14.2. The van der Waals surface area contributed by atoms with Gasteiger partial charge >= 0.3 is 0 Å². The minimum absolute atomic E-state index is 0.149. The van der Waals surface area contributed by atoms with Crippen LogP contribution in [-0.2, 0) is 0 Å². The summed E-state index contributed by atoms with van der Waals surface area (Å²) < 4.78 is 27.2. The monoisotopic (exact) mass is 486 g/mol. The van der Waals surface area contributed by atoms with Gasteiger partial charge in [-0.3, -0.25) is 4.79 Å². The largest absolute Gasteiger partial charge is 0.493 e. The average Bonchev–Trinajstić information content (AvgIpc) is 2.67. The molecule has 136 valence electrons. The van der Waals surface area contributed by atoms with Crippen LogP contribution in [0.5, 0.6) is 23.0 Å². The van der Waals surface area contributed by atoms with Crippen LogP contribution >= 0.6 is 28.5 Å². The molecule has 3 rings (SSSR count). The van der Waals surface area contributed by atoms with E-state index in [2.05, 4.69) is 22.0 Å². The molecule has 1 atom stereocenters. The van der Waals surface area contributed by atoms with Crippen molar-refractivity contribution >= 4 is 39.5 Å². The van der Waals surface area contributed by atoms with Crippen molar-refractivity contribution in [2.45, 2.75) is 0 Å². The van der Waals surface area contributed by atoms with E-state index in [1.807, 2.05) is 0 Å². The first-order chi connectivity index (χ1) is 12.6. The summed E-state index contributed by atoms with van der Waals surface area (Å²) in [6.07, 6.45) is 1.43. The maximum Gasteiger partial charge on any atom is 0.203 e. The van der Waals surface area contributed by atoms with Gasteiger partial charge in [0.1, 0.15) is 24.0 Å². The van der Waals surface area contributed by atoms with E-state index in [1.165, 1.54) is 27.6 Å². The zero-order chi connectivity index (χ0) is 18.7. The van der Waals surface area contributed by atoms with Crippen molar-refractivity contribution in [1.29, 1.82) is 0 Å². The third-order valence-corrected chi connectivity index (χ3v) is 4.85. The lowest BCUT2D eigenvalue weighted by atomic mass is 10.0. The van der Waals surface area contributed by atoms with E-state index in [9.17, 15) is 4.79 Å². The van der Waals surface area contributed by atoms with E-state index >= 15 is 0 Å². The summed E-state index contributed by atoms with van der Waals surface area (Å²) >= 11 is 2.13.